The fraction of sp³-hybridized carbons (Fsp3) is 0.516. The fourth-order valence-electron chi connectivity index (χ4n) is 7.87. The summed E-state index contributed by atoms with van der Waals surface area (Å²) in [5.41, 5.74) is -0.0905. The minimum atomic E-state index is -4.42. The molecule has 40 heavy (non-hydrogen) atoms. The minimum absolute atomic E-state index is 0.0462. The first-order chi connectivity index (χ1) is 18.9. The lowest BCUT2D eigenvalue weighted by Crippen LogP contribution is -2.78. The number of nitrogens with zero attached hydrogens (tertiary/aromatic N) is 2. The molecule has 2 aromatic rings. The molecule has 2 aliphatic carbocycles. The number of carbonyl (C=O) groups excluding carboxylic acids is 1. The van der Waals surface area contributed by atoms with Gasteiger partial charge in [0.1, 0.15) is 6.10 Å². The van der Waals surface area contributed by atoms with Crippen molar-refractivity contribution in [2.75, 3.05) is 20.1 Å². The number of aliphatic hydroxyl groups is 1. The van der Waals surface area contributed by atoms with E-state index < -0.39 is 28.9 Å². The van der Waals surface area contributed by atoms with Crippen molar-refractivity contribution in [3.8, 4) is 11.5 Å². The van der Waals surface area contributed by atoms with E-state index >= 15 is 0 Å². The minimum Gasteiger partial charge on any atom is -0.504 e. The van der Waals surface area contributed by atoms with E-state index in [9.17, 15) is 28.2 Å². The van der Waals surface area contributed by atoms with E-state index in [0.717, 1.165) is 29.8 Å². The van der Waals surface area contributed by atoms with E-state index in [4.69, 9.17) is 4.74 Å². The summed E-state index contributed by atoms with van der Waals surface area (Å²) in [5, 5.41) is 23.2. The van der Waals surface area contributed by atoms with E-state index in [0.29, 0.717) is 43.5 Å². The molecule has 9 heteroatoms. The average Bonchev–Trinajstić information content (AvgIpc) is 3.25. The second kappa shape index (κ2) is 9.24. The van der Waals surface area contributed by atoms with E-state index in [1.807, 2.05) is 27.0 Å². The molecule has 1 saturated heterocycles. The molecule has 1 spiro atoms. The molecule has 2 bridgehead atoms. The highest BCUT2D eigenvalue weighted by Gasteiger charge is 2.73. The van der Waals surface area contributed by atoms with Gasteiger partial charge in [-0.25, -0.2) is 0 Å². The van der Waals surface area contributed by atoms with Crippen LogP contribution in [0.25, 0.3) is 6.08 Å². The normalized spacial score (nSPS) is 30.9. The standard InChI is InChI=1S/C31H35F3N2O4/c1-18(2)17-36(25(38)11-6-19-4-8-21(9-5-19)31(32,33)34)22-12-13-30(39)24-16-20-7-10-23(37)27-26(20)29(30,28(22)40-27)14-15-35(24)3/h4-11,18,22,24,28,37,39H,12-17H2,1-3H3/t22-,24-,28+,29+,30-/m1/s1. The first kappa shape index (κ1) is 27.1. The summed E-state index contributed by atoms with van der Waals surface area (Å²) >= 11 is 0. The van der Waals surface area contributed by atoms with E-state index in [1.54, 1.807) is 11.0 Å². The number of ether oxygens (including phenoxy) is 1. The highest BCUT2D eigenvalue weighted by Crippen LogP contribution is 2.65. The summed E-state index contributed by atoms with van der Waals surface area (Å²) < 4.78 is 45.5. The van der Waals surface area contributed by atoms with Crippen LogP contribution in [0, 0.1) is 5.92 Å². The molecule has 2 fully saturated rings. The number of alkyl halides is 3. The lowest BCUT2D eigenvalue weighted by Gasteiger charge is -2.64. The number of aromatic hydroxyl groups is 1. The molecule has 2 aliphatic heterocycles. The van der Waals surface area contributed by atoms with Crippen LogP contribution in [0.4, 0.5) is 13.2 Å². The molecule has 0 radical (unpaired) electrons. The molecular weight excluding hydrogens is 521 g/mol. The Morgan fingerprint density at radius 1 is 1.20 bits per heavy atom. The first-order valence-corrected chi connectivity index (χ1v) is 14.0. The van der Waals surface area contributed by atoms with Crippen LogP contribution in [0.2, 0.25) is 0 Å². The molecular formula is C31H35F3N2O4. The average molecular weight is 557 g/mol. The Morgan fingerprint density at radius 3 is 2.60 bits per heavy atom. The van der Waals surface area contributed by atoms with Crippen LogP contribution >= 0.6 is 0 Å². The molecule has 2 aromatic carbocycles. The molecule has 1 amide bonds. The third-order valence-electron chi connectivity index (χ3n) is 9.60. The van der Waals surface area contributed by atoms with E-state index in [-0.39, 0.29) is 29.7 Å². The number of amides is 1. The molecule has 6 nitrogen and oxygen atoms in total. The fourth-order valence-corrected chi connectivity index (χ4v) is 7.87. The van der Waals surface area contributed by atoms with E-state index in [2.05, 4.69) is 4.90 Å². The maximum absolute atomic E-state index is 13.8. The number of phenolic OH excluding ortho intramolecular Hbond substituents is 1. The van der Waals surface area contributed by atoms with Gasteiger partial charge in [0.25, 0.3) is 0 Å². The molecule has 5 atom stereocenters. The highest BCUT2D eigenvalue weighted by molar-refractivity contribution is 5.92. The summed E-state index contributed by atoms with van der Waals surface area (Å²) in [5.74, 6) is 0.355. The number of halogens is 3. The van der Waals surface area contributed by atoms with Crippen molar-refractivity contribution in [1.29, 1.82) is 0 Å². The number of rotatable bonds is 5. The number of hydrogen-bond donors (Lipinski definition) is 2. The Labute approximate surface area is 232 Å². The second-order valence-corrected chi connectivity index (χ2v) is 12.3. The van der Waals surface area contributed by atoms with Crippen molar-refractivity contribution in [2.24, 2.45) is 5.92 Å². The summed E-state index contributed by atoms with van der Waals surface area (Å²) in [4.78, 5) is 17.8. The van der Waals surface area contributed by atoms with Gasteiger partial charge in [0.15, 0.2) is 11.5 Å². The second-order valence-electron chi connectivity index (χ2n) is 12.3. The van der Waals surface area contributed by atoms with Gasteiger partial charge in [-0.05, 0) is 80.6 Å². The Hall–Kier alpha value is -3.04. The number of piperidine rings is 1. The number of carbonyl (C=O) groups is 1. The smallest absolute Gasteiger partial charge is 0.416 e. The first-order valence-electron chi connectivity index (χ1n) is 14.0. The number of likely N-dealkylation sites (tertiary alicyclic amines) is 1. The van der Waals surface area contributed by atoms with Crippen molar-refractivity contribution in [3.63, 3.8) is 0 Å². The van der Waals surface area contributed by atoms with Gasteiger partial charge in [0, 0.05) is 24.2 Å². The topological polar surface area (TPSA) is 73.2 Å². The van der Waals surface area contributed by atoms with Gasteiger partial charge in [-0.1, -0.05) is 32.0 Å². The van der Waals surface area contributed by atoms with Gasteiger partial charge in [0.05, 0.1) is 22.6 Å². The van der Waals surface area contributed by atoms with Crippen molar-refractivity contribution in [2.45, 2.75) is 74.9 Å². The third-order valence-corrected chi connectivity index (χ3v) is 9.60. The van der Waals surface area contributed by atoms with Gasteiger partial charge in [-0.15, -0.1) is 0 Å². The maximum atomic E-state index is 13.8. The summed E-state index contributed by atoms with van der Waals surface area (Å²) in [6.07, 6.45) is 0.324. The number of hydrogen-bond acceptors (Lipinski definition) is 5. The van der Waals surface area contributed by atoms with Gasteiger partial charge >= 0.3 is 6.18 Å². The SMILES string of the molecule is CC(C)CN(C(=O)C=Cc1ccc(C(F)(F)F)cc1)[C@@H]1CC[C@@]2(O)[C@H]3Cc4ccc(O)c5c4[C@@]2(CCN3C)[C@H]1O5. The molecule has 2 heterocycles. The zero-order valence-corrected chi connectivity index (χ0v) is 22.9. The number of benzene rings is 2. The van der Waals surface area contributed by atoms with Crippen molar-refractivity contribution in [3.05, 3.63) is 64.7 Å². The van der Waals surface area contributed by atoms with Gasteiger partial charge in [0.2, 0.25) is 5.91 Å². The molecule has 214 valence electrons. The molecule has 4 aliphatic rings. The molecule has 0 aromatic heterocycles. The molecule has 0 unspecified atom stereocenters. The summed E-state index contributed by atoms with van der Waals surface area (Å²) in [7, 11) is 2.04. The molecule has 6 rings (SSSR count). The Morgan fingerprint density at radius 2 is 1.93 bits per heavy atom. The number of phenols is 1. The zero-order valence-electron chi connectivity index (χ0n) is 22.9. The predicted octanol–water partition coefficient (Wildman–Crippen LogP) is 4.76. The van der Waals surface area contributed by atoms with E-state index in [1.165, 1.54) is 24.3 Å². The third kappa shape index (κ3) is 3.88. The summed E-state index contributed by atoms with van der Waals surface area (Å²) in [6.45, 7) is 5.27. The van der Waals surface area contributed by atoms with Crippen LogP contribution in [0.3, 0.4) is 0 Å². The lowest BCUT2D eigenvalue weighted by molar-refractivity contribution is -0.197. The Bertz CT molecular complexity index is 1360. The van der Waals surface area contributed by atoms with Crippen molar-refractivity contribution >= 4 is 12.0 Å². The highest BCUT2D eigenvalue weighted by atomic mass is 19.4. The molecule has 2 N–H and O–H groups in total. The van der Waals surface area contributed by atoms with Crippen LogP contribution in [0.1, 0.15) is 55.4 Å². The van der Waals surface area contributed by atoms with Gasteiger partial charge in [-0.3, -0.25) is 4.79 Å². The largest absolute Gasteiger partial charge is 0.504 e. The summed E-state index contributed by atoms with van der Waals surface area (Å²) in [6, 6.07) is 7.84. The van der Waals surface area contributed by atoms with Crippen LogP contribution in [0.5, 0.6) is 11.5 Å². The predicted molar refractivity (Wildman–Crippen MR) is 144 cm³/mol. The van der Waals surface area contributed by atoms with Crippen LogP contribution in [0.15, 0.2) is 42.5 Å². The monoisotopic (exact) mass is 556 g/mol. The van der Waals surface area contributed by atoms with Crippen LogP contribution < -0.4 is 4.74 Å². The van der Waals surface area contributed by atoms with Crippen molar-refractivity contribution < 1.29 is 32.9 Å². The van der Waals surface area contributed by atoms with Crippen LogP contribution in [-0.2, 0) is 22.8 Å². The maximum Gasteiger partial charge on any atom is 0.416 e. The van der Waals surface area contributed by atoms with Gasteiger partial charge in [-0.2, -0.15) is 13.2 Å². The quantitative estimate of drug-likeness (QED) is 0.520. The van der Waals surface area contributed by atoms with Gasteiger partial charge < -0.3 is 24.7 Å². The number of likely N-dealkylation sites (N-methyl/N-ethyl adjacent to an activating group) is 1. The molecule has 1 saturated carbocycles. The lowest BCUT2D eigenvalue weighted by atomic mass is 9.48. The Kier molecular flexibility index (Phi) is 6.27. The zero-order chi connectivity index (χ0) is 28.6. The Balaban J connectivity index is 1.36. The van der Waals surface area contributed by atoms with Crippen LogP contribution in [-0.4, -0.2) is 69.8 Å². The van der Waals surface area contributed by atoms with Crippen molar-refractivity contribution in [1.82, 2.24) is 9.80 Å².